The Morgan fingerprint density at radius 1 is 1.29 bits per heavy atom. The maximum atomic E-state index is 12.4. The largest absolute Gasteiger partial charge is 0.405 e. The van der Waals surface area contributed by atoms with E-state index >= 15 is 0 Å². The number of alkyl halides is 4. The van der Waals surface area contributed by atoms with E-state index in [1.807, 2.05) is 0 Å². The highest BCUT2D eigenvalue weighted by Gasteiger charge is 2.31. The van der Waals surface area contributed by atoms with Gasteiger partial charge in [-0.05, 0) is 13.8 Å². The summed E-state index contributed by atoms with van der Waals surface area (Å²) in [5.41, 5.74) is 1.36. The van der Waals surface area contributed by atoms with Crippen molar-refractivity contribution < 1.29 is 13.2 Å². The fourth-order valence-corrected chi connectivity index (χ4v) is 1.70. The van der Waals surface area contributed by atoms with E-state index in [0.717, 1.165) is 10.6 Å². The molecule has 1 aromatic heterocycles. The second kappa shape index (κ2) is 5.66. The highest BCUT2D eigenvalue weighted by molar-refractivity contribution is 9.09. The highest BCUT2D eigenvalue weighted by Crippen LogP contribution is 2.20. The number of aryl methyl sites for hydroxylation is 2. The molecular formula is C10H13BrF3N3. The van der Waals surface area contributed by atoms with Gasteiger partial charge in [-0.25, -0.2) is 4.98 Å². The zero-order valence-electron chi connectivity index (χ0n) is 9.55. The summed E-state index contributed by atoms with van der Waals surface area (Å²) in [7, 11) is 0. The Kier molecular flexibility index (Phi) is 4.73. The van der Waals surface area contributed by atoms with Crippen molar-refractivity contribution in [2.75, 3.05) is 23.3 Å². The van der Waals surface area contributed by atoms with Gasteiger partial charge in [0.05, 0.1) is 17.6 Å². The highest BCUT2D eigenvalue weighted by atomic mass is 79.9. The van der Waals surface area contributed by atoms with E-state index in [9.17, 15) is 13.2 Å². The van der Waals surface area contributed by atoms with Crippen LogP contribution in [0.5, 0.6) is 0 Å². The normalized spacial score (nSPS) is 11.6. The van der Waals surface area contributed by atoms with Gasteiger partial charge in [-0.3, -0.25) is 4.98 Å². The fourth-order valence-electron chi connectivity index (χ4n) is 1.27. The van der Waals surface area contributed by atoms with Crippen LogP contribution in [0.4, 0.5) is 19.0 Å². The van der Waals surface area contributed by atoms with E-state index in [2.05, 4.69) is 25.9 Å². The van der Waals surface area contributed by atoms with Crippen LogP contribution >= 0.6 is 15.9 Å². The Hall–Kier alpha value is -0.850. The summed E-state index contributed by atoms with van der Waals surface area (Å²) >= 11 is 3.13. The smallest absolute Gasteiger partial charge is 0.345 e. The standard InChI is InChI=1S/C10H13BrF3N3/c1-7-8(2)16-9(5-15-7)17(4-3-11)6-10(12,13)14/h5H,3-4,6H2,1-2H3. The molecule has 0 amide bonds. The minimum atomic E-state index is -4.25. The molecule has 0 aromatic carbocycles. The van der Waals surface area contributed by atoms with E-state index in [-0.39, 0.29) is 12.4 Å². The van der Waals surface area contributed by atoms with Gasteiger partial charge >= 0.3 is 6.18 Å². The topological polar surface area (TPSA) is 29.0 Å². The Balaban J connectivity index is 2.93. The number of halogens is 4. The lowest BCUT2D eigenvalue weighted by atomic mass is 10.3. The molecule has 0 atom stereocenters. The molecule has 0 radical (unpaired) electrons. The molecule has 0 aliphatic carbocycles. The van der Waals surface area contributed by atoms with Gasteiger partial charge in [-0.2, -0.15) is 13.2 Å². The molecule has 0 bridgehead atoms. The van der Waals surface area contributed by atoms with Gasteiger partial charge in [-0.15, -0.1) is 0 Å². The van der Waals surface area contributed by atoms with Crippen LogP contribution in [0.3, 0.4) is 0 Å². The minimum Gasteiger partial charge on any atom is -0.345 e. The first kappa shape index (κ1) is 14.2. The first-order chi connectivity index (χ1) is 7.83. The van der Waals surface area contributed by atoms with Crippen LogP contribution in [0.25, 0.3) is 0 Å². The predicted molar refractivity (Wildman–Crippen MR) is 63.6 cm³/mol. The summed E-state index contributed by atoms with van der Waals surface area (Å²) in [5.74, 6) is 0.255. The molecule has 0 saturated carbocycles. The van der Waals surface area contributed by atoms with Crippen molar-refractivity contribution in [1.82, 2.24) is 9.97 Å². The lowest BCUT2D eigenvalue weighted by molar-refractivity contribution is -0.119. The van der Waals surface area contributed by atoms with Crippen molar-refractivity contribution in [3.05, 3.63) is 17.6 Å². The van der Waals surface area contributed by atoms with E-state index in [1.165, 1.54) is 6.20 Å². The number of hydrogen-bond donors (Lipinski definition) is 0. The molecule has 17 heavy (non-hydrogen) atoms. The lowest BCUT2D eigenvalue weighted by Gasteiger charge is -2.24. The fraction of sp³-hybridized carbons (Fsp3) is 0.600. The SMILES string of the molecule is Cc1ncc(N(CCBr)CC(F)(F)F)nc1C. The summed E-state index contributed by atoms with van der Waals surface area (Å²) in [6.45, 7) is 2.71. The van der Waals surface area contributed by atoms with Crippen LogP contribution < -0.4 is 4.90 Å². The first-order valence-corrected chi connectivity index (χ1v) is 6.13. The maximum Gasteiger partial charge on any atom is 0.405 e. The van der Waals surface area contributed by atoms with Crippen molar-refractivity contribution >= 4 is 21.7 Å². The summed E-state index contributed by atoms with van der Waals surface area (Å²) < 4.78 is 37.2. The zero-order chi connectivity index (χ0) is 13.1. The summed E-state index contributed by atoms with van der Waals surface area (Å²) in [4.78, 5) is 9.30. The molecule has 0 fully saturated rings. The predicted octanol–water partition coefficient (Wildman–Crippen LogP) is 2.86. The summed E-state index contributed by atoms with van der Waals surface area (Å²) in [6, 6.07) is 0. The first-order valence-electron chi connectivity index (χ1n) is 5.01. The van der Waals surface area contributed by atoms with Crippen LogP contribution in [0, 0.1) is 13.8 Å². The molecule has 1 aromatic rings. The van der Waals surface area contributed by atoms with Crippen molar-refractivity contribution in [2.24, 2.45) is 0 Å². The van der Waals surface area contributed by atoms with Gasteiger partial charge in [-0.1, -0.05) is 15.9 Å². The molecule has 0 saturated heterocycles. The van der Waals surface area contributed by atoms with E-state index < -0.39 is 12.7 Å². The van der Waals surface area contributed by atoms with Crippen LogP contribution in [0.2, 0.25) is 0 Å². The summed E-state index contributed by atoms with van der Waals surface area (Å²) in [6.07, 6.45) is -2.88. The van der Waals surface area contributed by atoms with Gasteiger partial charge in [0.25, 0.3) is 0 Å². The van der Waals surface area contributed by atoms with Crippen LogP contribution in [-0.2, 0) is 0 Å². The third-order valence-electron chi connectivity index (χ3n) is 2.23. The van der Waals surface area contributed by atoms with E-state index in [1.54, 1.807) is 13.8 Å². The van der Waals surface area contributed by atoms with Crippen LogP contribution in [0.1, 0.15) is 11.4 Å². The van der Waals surface area contributed by atoms with Crippen LogP contribution in [-0.4, -0.2) is 34.6 Å². The number of hydrogen-bond acceptors (Lipinski definition) is 3. The van der Waals surface area contributed by atoms with Crippen molar-refractivity contribution in [3.8, 4) is 0 Å². The third-order valence-corrected chi connectivity index (χ3v) is 2.58. The van der Waals surface area contributed by atoms with Crippen molar-refractivity contribution in [3.63, 3.8) is 0 Å². The Morgan fingerprint density at radius 3 is 2.41 bits per heavy atom. The number of nitrogens with zero attached hydrogens (tertiary/aromatic N) is 3. The second-order valence-electron chi connectivity index (χ2n) is 3.62. The molecular weight excluding hydrogens is 299 g/mol. The Labute approximate surface area is 106 Å². The molecule has 1 heterocycles. The summed E-state index contributed by atoms with van der Waals surface area (Å²) in [5, 5.41) is 0.442. The van der Waals surface area contributed by atoms with Gasteiger partial charge in [0.15, 0.2) is 0 Å². The van der Waals surface area contributed by atoms with Crippen LogP contribution in [0.15, 0.2) is 6.20 Å². The molecule has 0 unspecified atom stereocenters. The maximum absolute atomic E-state index is 12.4. The monoisotopic (exact) mass is 311 g/mol. The Morgan fingerprint density at radius 2 is 1.94 bits per heavy atom. The lowest BCUT2D eigenvalue weighted by Crippen LogP contribution is -2.36. The average molecular weight is 312 g/mol. The van der Waals surface area contributed by atoms with Crippen molar-refractivity contribution in [1.29, 1.82) is 0 Å². The quantitative estimate of drug-likeness (QED) is 0.801. The molecule has 0 aliphatic heterocycles. The zero-order valence-corrected chi connectivity index (χ0v) is 11.1. The van der Waals surface area contributed by atoms with Gasteiger partial charge < -0.3 is 4.90 Å². The molecule has 0 spiro atoms. The average Bonchev–Trinajstić information content (AvgIpc) is 2.19. The molecule has 0 aliphatic rings. The van der Waals surface area contributed by atoms with E-state index in [4.69, 9.17) is 0 Å². The molecule has 1 rings (SSSR count). The molecule has 0 N–H and O–H groups in total. The molecule has 96 valence electrons. The van der Waals surface area contributed by atoms with Gasteiger partial charge in [0.1, 0.15) is 12.4 Å². The number of anilines is 1. The Bertz CT molecular complexity index is 382. The minimum absolute atomic E-state index is 0.233. The molecule has 7 heteroatoms. The molecule has 3 nitrogen and oxygen atoms in total. The van der Waals surface area contributed by atoms with E-state index in [0.29, 0.717) is 11.0 Å². The van der Waals surface area contributed by atoms with Crippen molar-refractivity contribution in [2.45, 2.75) is 20.0 Å². The van der Waals surface area contributed by atoms with Gasteiger partial charge in [0, 0.05) is 11.9 Å². The number of aromatic nitrogens is 2. The second-order valence-corrected chi connectivity index (χ2v) is 4.42. The third kappa shape index (κ3) is 4.49. The van der Waals surface area contributed by atoms with Gasteiger partial charge in [0.2, 0.25) is 0 Å². The number of rotatable bonds is 4.